The first-order chi connectivity index (χ1) is 15.5. The van der Waals surface area contributed by atoms with Crippen LogP contribution in [0.1, 0.15) is 36.8 Å². The van der Waals surface area contributed by atoms with Gasteiger partial charge in [-0.2, -0.15) is 4.98 Å². The second kappa shape index (κ2) is 10.2. The van der Waals surface area contributed by atoms with Crippen molar-refractivity contribution in [2.75, 3.05) is 31.5 Å². The van der Waals surface area contributed by atoms with Gasteiger partial charge in [0.05, 0.1) is 5.69 Å². The summed E-state index contributed by atoms with van der Waals surface area (Å²) >= 11 is 0. The van der Waals surface area contributed by atoms with Gasteiger partial charge < -0.3 is 21.3 Å². The second-order valence-electron chi connectivity index (χ2n) is 8.74. The van der Waals surface area contributed by atoms with Crippen molar-refractivity contribution >= 4 is 11.8 Å². The number of urea groups is 1. The number of nitrogens with zero attached hydrogens (tertiary/aromatic N) is 3. The highest BCUT2D eigenvalue weighted by molar-refractivity contribution is 5.88. The third-order valence-electron chi connectivity index (χ3n) is 6.40. The molecule has 0 radical (unpaired) electrons. The number of carbonyl (C=O) groups is 1. The van der Waals surface area contributed by atoms with Crippen LogP contribution in [0, 0.1) is 6.92 Å². The highest BCUT2D eigenvalue weighted by Gasteiger charge is 2.19. The highest BCUT2D eigenvalue weighted by atomic mass is 16.2. The van der Waals surface area contributed by atoms with Gasteiger partial charge in [-0.25, -0.2) is 9.59 Å². The van der Waals surface area contributed by atoms with Crippen LogP contribution in [-0.4, -0.2) is 58.7 Å². The molecule has 1 saturated heterocycles. The highest BCUT2D eigenvalue weighted by Crippen LogP contribution is 2.19. The fourth-order valence-corrected chi connectivity index (χ4v) is 4.33. The summed E-state index contributed by atoms with van der Waals surface area (Å²) in [6.07, 6.45) is 6.06. The molecule has 1 aromatic carbocycles. The van der Waals surface area contributed by atoms with Crippen molar-refractivity contribution in [3.05, 3.63) is 52.1 Å². The molecule has 1 saturated carbocycles. The van der Waals surface area contributed by atoms with Gasteiger partial charge in [0.25, 0.3) is 0 Å². The van der Waals surface area contributed by atoms with Crippen LogP contribution in [0.5, 0.6) is 0 Å². The molecular weight excluding hydrogens is 406 g/mol. The minimum atomic E-state index is -0.424. The topological polar surface area (TPSA) is 117 Å². The second-order valence-corrected chi connectivity index (χ2v) is 8.74. The number of nitrogens with one attached hydrogen (secondary N) is 3. The van der Waals surface area contributed by atoms with Gasteiger partial charge in [0.1, 0.15) is 5.82 Å². The number of aromatic nitrogens is 2. The van der Waals surface area contributed by atoms with E-state index >= 15 is 0 Å². The van der Waals surface area contributed by atoms with Crippen molar-refractivity contribution in [1.82, 2.24) is 25.1 Å². The Morgan fingerprint density at radius 1 is 1.19 bits per heavy atom. The van der Waals surface area contributed by atoms with E-state index in [0.717, 1.165) is 56.6 Å². The van der Waals surface area contributed by atoms with Crippen molar-refractivity contribution < 1.29 is 4.79 Å². The predicted molar refractivity (Wildman–Crippen MR) is 125 cm³/mol. The molecule has 9 nitrogen and oxygen atoms in total. The zero-order valence-electron chi connectivity index (χ0n) is 18.6. The molecule has 0 bridgehead atoms. The average molecular weight is 440 g/mol. The first kappa shape index (κ1) is 22.4. The Bertz CT molecular complexity index is 992. The maximum Gasteiger partial charge on any atom is 0.354 e. The number of amides is 2. The first-order valence-corrected chi connectivity index (χ1v) is 11.4. The summed E-state index contributed by atoms with van der Waals surface area (Å²) in [6, 6.07) is 8.27. The monoisotopic (exact) mass is 439 g/mol. The molecule has 0 spiro atoms. The number of anilines is 1. The fraction of sp³-hybridized carbons (Fsp3) is 0.522. The number of nitrogens with two attached hydrogens (primary N) is 1. The minimum absolute atomic E-state index is 0.233. The first-order valence-electron chi connectivity index (χ1n) is 11.4. The van der Waals surface area contributed by atoms with E-state index in [9.17, 15) is 9.59 Å². The summed E-state index contributed by atoms with van der Waals surface area (Å²) in [7, 11) is 0. The Hall–Kier alpha value is -2.75. The van der Waals surface area contributed by atoms with Crippen molar-refractivity contribution in [3.8, 4) is 5.69 Å². The van der Waals surface area contributed by atoms with Crippen molar-refractivity contribution in [3.63, 3.8) is 0 Å². The Labute approximate surface area is 188 Å². The smallest absolute Gasteiger partial charge is 0.328 e. The van der Waals surface area contributed by atoms with Gasteiger partial charge in [0, 0.05) is 51.0 Å². The lowest BCUT2D eigenvalue weighted by Gasteiger charge is -2.27. The van der Waals surface area contributed by atoms with Gasteiger partial charge in [-0.15, -0.1) is 0 Å². The number of rotatable bonds is 5. The molecule has 1 aromatic heterocycles. The van der Waals surface area contributed by atoms with E-state index in [0.29, 0.717) is 25.2 Å². The van der Waals surface area contributed by atoms with Crippen LogP contribution >= 0.6 is 0 Å². The summed E-state index contributed by atoms with van der Waals surface area (Å²) in [5, 5.41) is 9.56. The Morgan fingerprint density at radius 3 is 2.62 bits per heavy atom. The molecule has 172 valence electrons. The van der Waals surface area contributed by atoms with Crippen LogP contribution in [0.25, 0.3) is 5.69 Å². The molecule has 2 aliphatic rings. The number of carbonyl (C=O) groups excluding carboxylic acids is 1. The molecule has 2 heterocycles. The molecule has 2 aromatic rings. The average Bonchev–Trinajstić information content (AvgIpc) is 2.80. The lowest BCUT2D eigenvalue weighted by atomic mass is 9.91. The quantitative estimate of drug-likeness (QED) is 0.559. The summed E-state index contributed by atoms with van der Waals surface area (Å²) in [4.78, 5) is 30.7. The largest absolute Gasteiger partial charge is 0.354 e. The zero-order chi connectivity index (χ0) is 22.5. The standard InChI is InChI=1S/C23H33N7O2/c1-16-14-20(7-2-17(16)15-26-19-5-3-18(24)4-6-19)30-11-8-21(28-23(30)32)27-22(31)29-12-9-25-10-13-29/h2,7-8,11,14,18-19,25-26H,3-6,9-10,12-13,15,24H2,1H3,(H,27,28,31,32)/t18-,19-. The van der Waals surface area contributed by atoms with E-state index in [2.05, 4.69) is 33.9 Å². The maximum atomic E-state index is 12.6. The summed E-state index contributed by atoms with van der Waals surface area (Å²) in [6.45, 7) is 5.66. The normalized spacial score (nSPS) is 21.4. The molecule has 5 N–H and O–H groups in total. The van der Waals surface area contributed by atoms with Crippen molar-refractivity contribution in [2.24, 2.45) is 5.73 Å². The van der Waals surface area contributed by atoms with Gasteiger partial charge in [-0.1, -0.05) is 6.07 Å². The van der Waals surface area contributed by atoms with Gasteiger partial charge >= 0.3 is 11.7 Å². The van der Waals surface area contributed by atoms with Crippen LogP contribution in [-0.2, 0) is 6.54 Å². The molecular formula is C23H33N7O2. The van der Waals surface area contributed by atoms with E-state index in [1.165, 1.54) is 10.1 Å². The molecule has 2 fully saturated rings. The lowest BCUT2D eigenvalue weighted by Crippen LogP contribution is -2.48. The number of piperazine rings is 1. The molecule has 4 rings (SSSR count). The van der Waals surface area contributed by atoms with Gasteiger partial charge in [0.2, 0.25) is 0 Å². The van der Waals surface area contributed by atoms with E-state index in [1.54, 1.807) is 17.2 Å². The van der Waals surface area contributed by atoms with E-state index in [-0.39, 0.29) is 11.8 Å². The van der Waals surface area contributed by atoms with Crippen molar-refractivity contribution in [2.45, 2.75) is 51.2 Å². The van der Waals surface area contributed by atoms with E-state index in [4.69, 9.17) is 5.73 Å². The third kappa shape index (κ3) is 5.53. The van der Waals surface area contributed by atoms with Crippen LogP contribution in [0.2, 0.25) is 0 Å². The Kier molecular flexibility index (Phi) is 7.19. The van der Waals surface area contributed by atoms with Crippen molar-refractivity contribution in [1.29, 1.82) is 0 Å². The zero-order valence-corrected chi connectivity index (χ0v) is 18.6. The Balaban J connectivity index is 1.39. The van der Waals surface area contributed by atoms with Gasteiger partial charge in [-0.05, 0) is 61.9 Å². The summed E-state index contributed by atoms with van der Waals surface area (Å²) < 4.78 is 1.49. The SMILES string of the molecule is Cc1cc(-n2ccc(NC(=O)N3CCNCC3)nc2=O)ccc1CN[C@H]1CC[C@H](N)CC1. The molecule has 1 aliphatic carbocycles. The molecule has 0 unspecified atom stereocenters. The van der Waals surface area contributed by atoms with Crippen LogP contribution in [0.4, 0.5) is 10.6 Å². The van der Waals surface area contributed by atoms with Gasteiger partial charge in [0.15, 0.2) is 0 Å². The minimum Gasteiger partial charge on any atom is -0.328 e. The fourth-order valence-electron chi connectivity index (χ4n) is 4.33. The number of hydrogen-bond acceptors (Lipinski definition) is 6. The van der Waals surface area contributed by atoms with Gasteiger partial charge in [-0.3, -0.25) is 9.88 Å². The molecule has 2 amide bonds. The molecule has 9 heteroatoms. The van der Waals surface area contributed by atoms with Crippen LogP contribution in [0.3, 0.4) is 0 Å². The third-order valence-corrected chi connectivity index (χ3v) is 6.40. The molecule has 0 atom stereocenters. The summed E-state index contributed by atoms with van der Waals surface area (Å²) in [5.41, 5.74) is 8.66. The number of benzene rings is 1. The Morgan fingerprint density at radius 2 is 1.94 bits per heavy atom. The summed E-state index contributed by atoms with van der Waals surface area (Å²) in [5.74, 6) is 0.263. The van der Waals surface area contributed by atoms with Crippen LogP contribution < -0.4 is 27.4 Å². The molecule has 32 heavy (non-hydrogen) atoms. The number of aryl methyl sites for hydroxylation is 1. The van der Waals surface area contributed by atoms with E-state index < -0.39 is 5.69 Å². The van der Waals surface area contributed by atoms with E-state index in [1.807, 2.05) is 12.1 Å². The number of hydrogen-bond donors (Lipinski definition) is 4. The predicted octanol–water partition coefficient (Wildman–Crippen LogP) is 1.34. The lowest BCUT2D eigenvalue weighted by molar-refractivity contribution is 0.204. The van der Waals surface area contributed by atoms with Crippen LogP contribution in [0.15, 0.2) is 35.3 Å². The maximum absolute atomic E-state index is 12.6. The molecule has 1 aliphatic heterocycles.